The minimum absolute atomic E-state index is 0.0832. The lowest BCUT2D eigenvalue weighted by molar-refractivity contribution is -0.122. The first-order valence-electron chi connectivity index (χ1n) is 7.24. The van der Waals surface area contributed by atoms with Gasteiger partial charge in [-0.3, -0.25) is 4.79 Å². The zero-order valence-electron chi connectivity index (χ0n) is 11.9. The molecule has 3 atom stereocenters. The summed E-state index contributed by atoms with van der Waals surface area (Å²) in [6, 6.07) is 10.4. The Bertz CT molecular complexity index is 404. The Labute approximate surface area is 115 Å². The van der Waals surface area contributed by atoms with Crippen LogP contribution in [0.2, 0.25) is 0 Å². The summed E-state index contributed by atoms with van der Waals surface area (Å²) in [5.74, 6) is 0.673. The number of carbonyl (C=O) groups excluding carboxylic acids is 1. The fourth-order valence-corrected chi connectivity index (χ4v) is 2.64. The standard InChI is InChI=1S/C16H24N2O/c1-12-7-6-10-17-15(12)11-18-16(19)13(2)14-8-4-3-5-9-14/h3-5,8-9,12-13,15,17H,6-7,10-11H2,1-2H3,(H,18,19). The van der Waals surface area contributed by atoms with Gasteiger partial charge in [0.15, 0.2) is 0 Å². The third-order valence-electron chi connectivity index (χ3n) is 4.12. The number of carbonyl (C=O) groups is 1. The van der Waals surface area contributed by atoms with Crippen molar-refractivity contribution in [3.8, 4) is 0 Å². The zero-order chi connectivity index (χ0) is 13.7. The maximum atomic E-state index is 12.2. The molecule has 3 heteroatoms. The molecule has 19 heavy (non-hydrogen) atoms. The summed E-state index contributed by atoms with van der Waals surface area (Å²) in [6.45, 7) is 6.02. The highest BCUT2D eigenvalue weighted by Crippen LogP contribution is 2.16. The second-order valence-electron chi connectivity index (χ2n) is 5.56. The fraction of sp³-hybridized carbons (Fsp3) is 0.562. The maximum Gasteiger partial charge on any atom is 0.227 e. The second kappa shape index (κ2) is 6.71. The number of hydrogen-bond donors (Lipinski definition) is 2. The van der Waals surface area contributed by atoms with E-state index < -0.39 is 0 Å². The van der Waals surface area contributed by atoms with Crippen LogP contribution in [0.1, 0.15) is 38.2 Å². The maximum absolute atomic E-state index is 12.2. The molecule has 0 aromatic heterocycles. The monoisotopic (exact) mass is 260 g/mol. The molecule has 1 saturated heterocycles. The highest BCUT2D eigenvalue weighted by atomic mass is 16.1. The Morgan fingerprint density at radius 1 is 1.42 bits per heavy atom. The van der Waals surface area contributed by atoms with Gasteiger partial charge in [0, 0.05) is 12.6 Å². The lowest BCUT2D eigenvalue weighted by Gasteiger charge is -2.30. The predicted octanol–water partition coefficient (Wildman–Crippen LogP) is 2.29. The van der Waals surface area contributed by atoms with Crippen molar-refractivity contribution in [1.82, 2.24) is 10.6 Å². The number of amides is 1. The molecule has 0 bridgehead atoms. The summed E-state index contributed by atoms with van der Waals surface area (Å²) in [5.41, 5.74) is 1.07. The number of benzene rings is 1. The molecule has 0 spiro atoms. The van der Waals surface area contributed by atoms with Crippen LogP contribution in [0.3, 0.4) is 0 Å². The molecule has 1 aromatic rings. The molecular weight excluding hydrogens is 236 g/mol. The predicted molar refractivity (Wildman–Crippen MR) is 78.1 cm³/mol. The summed E-state index contributed by atoms with van der Waals surface area (Å²) in [4.78, 5) is 12.2. The molecule has 3 unspecified atom stereocenters. The highest BCUT2D eigenvalue weighted by Gasteiger charge is 2.22. The van der Waals surface area contributed by atoms with Crippen LogP contribution in [-0.4, -0.2) is 25.0 Å². The summed E-state index contributed by atoms with van der Waals surface area (Å²) < 4.78 is 0. The van der Waals surface area contributed by atoms with Gasteiger partial charge in [0.05, 0.1) is 5.92 Å². The summed E-state index contributed by atoms with van der Waals surface area (Å²) in [5, 5.41) is 6.57. The van der Waals surface area contributed by atoms with Gasteiger partial charge in [-0.05, 0) is 37.8 Å². The highest BCUT2D eigenvalue weighted by molar-refractivity contribution is 5.83. The van der Waals surface area contributed by atoms with E-state index >= 15 is 0 Å². The molecule has 1 amide bonds. The Kier molecular flexibility index (Phi) is 4.97. The average molecular weight is 260 g/mol. The lowest BCUT2D eigenvalue weighted by Crippen LogP contribution is -2.48. The average Bonchev–Trinajstić information content (AvgIpc) is 2.46. The van der Waals surface area contributed by atoms with Gasteiger partial charge in [0.2, 0.25) is 5.91 Å². The Hall–Kier alpha value is -1.35. The van der Waals surface area contributed by atoms with Gasteiger partial charge in [0.1, 0.15) is 0 Å². The van der Waals surface area contributed by atoms with Gasteiger partial charge in [-0.1, -0.05) is 37.3 Å². The fourth-order valence-electron chi connectivity index (χ4n) is 2.64. The number of nitrogens with one attached hydrogen (secondary N) is 2. The quantitative estimate of drug-likeness (QED) is 0.872. The molecule has 1 fully saturated rings. The van der Waals surface area contributed by atoms with Gasteiger partial charge in [-0.2, -0.15) is 0 Å². The zero-order valence-corrected chi connectivity index (χ0v) is 11.9. The van der Waals surface area contributed by atoms with E-state index in [-0.39, 0.29) is 11.8 Å². The SMILES string of the molecule is CC(C(=O)NCC1NCCCC1C)c1ccccc1. The molecule has 0 aliphatic carbocycles. The third-order valence-corrected chi connectivity index (χ3v) is 4.12. The van der Waals surface area contributed by atoms with Crippen LogP contribution in [0, 0.1) is 5.92 Å². The Morgan fingerprint density at radius 3 is 2.84 bits per heavy atom. The van der Waals surface area contributed by atoms with Gasteiger partial charge < -0.3 is 10.6 Å². The van der Waals surface area contributed by atoms with Crippen LogP contribution in [0.4, 0.5) is 0 Å². The molecule has 1 aromatic carbocycles. The van der Waals surface area contributed by atoms with Crippen molar-refractivity contribution in [3.05, 3.63) is 35.9 Å². The molecule has 1 aliphatic rings. The van der Waals surface area contributed by atoms with Gasteiger partial charge >= 0.3 is 0 Å². The van der Waals surface area contributed by atoms with Crippen molar-refractivity contribution >= 4 is 5.91 Å². The van der Waals surface area contributed by atoms with Gasteiger partial charge in [0.25, 0.3) is 0 Å². The molecule has 1 heterocycles. The Balaban J connectivity index is 1.84. The summed E-state index contributed by atoms with van der Waals surface area (Å²) in [6.07, 6.45) is 2.49. The van der Waals surface area contributed by atoms with Crippen molar-refractivity contribution in [2.75, 3.05) is 13.1 Å². The van der Waals surface area contributed by atoms with Crippen LogP contribution >= 0.6 is 0 Å². The van der Waals surface area contributed by atoms with Crippen molar-refractivity contribution in [2.24, 2.45) is 5.92 Å². The normalized spacial score (nSPS) is 24.7. The smallest absolute Gasteiger partial charge is 0.227 e. The van der Waals surface area contributed by atoms with E-state index in [1.165, 1.54) is 12.8 Å². The molecule has 0 saturated carbocycles. The molecular formula is C16H24N2O. The molecule has 104 valence electrons. The molecule has 3 nitrogen and oxygen atoms in total. The van der Waals surface area contributed by atoms with Crippen LogP contribution < -0.4 is 10.6 Å². The minimum Gasteiger partial charge on any atom is -0.354 e. The van der Waals surface area contributed by atoms with Crippen molar-refractivity contribution in [3.63, 3.8) is 0 Å². The van der Waals surface area contributed by atoms with Crippen LogP contribution in [0.5, 0.6) is 0 Å². The van der Waals surface area contributed by atoms with E-state index in [1.54, 1.807) is 0 Å². The van der Waals surface area contributed by atoms with Crippen molar-refractivity contribution in [2.45, 2.75) is 38.6 Å². The van der Waals surface area contributed by atoms with Crippen LogP contribution in [-0.2, 0) is 4.79 Å². The largest absolute Gasteiger partial charge is 0.354 e. The Morgan fingerprint density at radius 2 is 2.16 bits per heavy atom. The van der Waals surface area contributed by atoms with E-state index in [2.05, 4.69) is 17.6 Å². The van der Waals surface area contributed by atoms with E-state index in [4.69, 9.17) is 0 Å². The lowest BCUT2D eigenvalue weighted by atomic mass is 9.92. The molecule has 0 radical (unpaired) electrons. The van der Waals surface area contributed by atoms with Crippen LogP contribution in [0.15, 0.2) is 30.3 Å². The summed E-state index contributed by atoms with van der Waals surface area (Å²) in [7, 11) is 0. The van der Waals surface area contributed by atoms with Gasteiger partial charge in [-0.25, -0.2) is 0 Å². The second-order valence-corrected chi connectivity index (χ2v) is 5.56. The molecule has 2 N–H and O–H groups in total. The van der Waals surface area contributed by atoms with E-state index in [9.17, 15) is 4.79 Å². The van der Waals surface area contributed by atoms with Crippen LogP contribution in [0.25, 0.3) is 0 Å². The first-order valence-corrected chi connectivity index (χ1v) is 7.24. The number of rotatable bonds is 4. The number of hydrogen-bond acceptors (Lipinski definition) is 2. The van der Waals surface area contributed by atoms with Crippen molar-refractivity contribution in [1.29, 1.82) is 0 Å². The first kappa shape index (κ1) is 14.1. The van der Waals surface area contributed by atoms with Gasteiger partial charge in [-0.15, -0.1) is 0 Å². The third kappa shape index (κ3) is 3.80. The van der Waals surface area contributed by atoms with Crippen molar-refractivity contribution < 1.29 is 4.79 Å². The topological polar surface area (TPSA) is 41.1 Å². The molecule has 2 rings (SSSR count). The minimum atomic E-state index is -0.0832. The van der Waals surface area contributed by atoms with E-state index in [0.717, 1.165) is 18.7 Å². The first-order chi connectivity index (χ1) is 9.18. The van der Waals surface area contributed by atoms with E-state index in [0.29, 0.717) is 12.0 Å². The summed E-state index contributed by atoms with van der Waals surface area (Å²) >= 11 is 0. The van der Waals surface area contributed by atoms with E-state index in [1.807, 2.05) is 37.3 Å². The number of piperidine rings is 1. The molecule has 1 aliphatic heterocycles.